The number of hydrogen-bond acceptors (Lipinski definition) is 3. The smallest absolute Gasteiger partial charge is 0.0960 e. The first-order valence-corrected chi connectivity index (χ1v) is 9.01. The molecule has 2 nitrogen and oxygen atoms in total. The van der Waals surface area contributed by atoms with E-state index in [0.717, 1.165) is 28.5 Å². The van der Waals surface area contributed by atoms with Crippen LogP contribution in [-0.4, -0.2) is 16.8 Å². The van der Waals surface area contributed by atoms with Crippen LogP contribution in [0.3, 0.4) is 0 Å². The van der Waals surface area contributed by atoms with Gasteiger partial charge in [-0.15, -0.1) is 11.8 Å². The Labute approximate surface area is 125 Å². The molecule has 3 heteroatoms. The highest BCUT2D eigenvalue weighted by molar-refractivity contribution is 7.99. The van der Waals surface area contributed by atoms with Gasteiger partial charge in [0.2, 0.25) is 0 Å². The van der Waals surface area contributed by atoms with E-state index in [2.05, 4.69) is 17.1 Å². The lowest BCUT2D eigenvalue weighted by atomic mass is 9.48. The van der Waals surface area contributed by atoms with E-state index in [-0.39, 0.29) is 0 Å². The SMILES string of the molecule is NC(CSc1ccccn1)C12CC3CC(CC(C3)C1)C2. The fourth-order valence-corrected chi connectivity index (χ4v) is 6.43. The Morgan fingerprint density at radius 3 is 2.35 bits per heavy atom. The lowest BCUT2D eigenvalue weighted by Gasteiger charge is -2.59. The zero-order valence-corrected chi connectivity index (χ0v) is 12.8. The van der Waals surface area contributed by atoms with Crippen molar-refractivity contribution in [2.45, 2.75) is 49.6 Å². The molecule has 0 spiro atoms. The van der Waals surface area contributed by atoms with E-state index in [1.54, 1.807) is 0 Å². The molecule has 4 fully saturated rings. The number of nitrogens with zero attached hydrogens (tertiary/aromatic N) is 1. The molecule has 2 N–H and O–H groups in total. The lowest BCUT2D eigenvalue weighted by molar-refractivity contribution is -0.0629. The van der Waals surface area contributed by atoms with Gasteiger partial charge in [-0.1, -0.05) is 6.07 Å². The van der Waals surface area contributed by atoms with Gasteiger partial charge in [0.1, 0.15) is 0 Å². The highest BCUT2D eigenvalue weighted by atomic mass is 32.2. The minimum Gasteiger partial charge on any atom is -0.326 e. The van der Waals surface area contributed by atoms with Crippen LogP contribution >= 0.6 is 11.8 Å². The minimum atomic E-state index is 0.350. The molecule has 108 valence electrons. The Hall–Kier alpha value is -0.540. The highest BCUT2D eigenvalue weighted by Crippen LogP contribution is 2.61. The van der Waals surface area contributed by atoms with E-state index >= 15 is 0 Å². The molecule has 1 aromatic rings. The Kier molecular flexibility index (Phi) is 3.30. The first-order valence-electron chi connectivity index (χ1n) is 8.03. The molecule has 0 radical (unpaired) electrons. The summed E-state index contributed by atoms with van der Waals surface area (Å²) in [6, 6.07) is 6.48. The van der Waals surface area contributed by atoms with E-state index in [1.807, 2.05) is 24.0 Å². The van der Waals surface area contributed by atoms with Crippen molar-refractivity contribution in [1.29, 1.82) is 0 Å². The maximum absolute atomic E-state index is 6.67. The molecule has 0 amide bonds. The molecule has 20 heavy (non-hydrogen) atoms. The van der Waals surface area contributed by atoms with E-state index in [9.17, 15) is 0 Å². The second-order valence-electron chi connectivity index (χ2n) is 7.37. The number of hydrogen-bond donors (Lipinski definition) is 1. The fraction of sp³-hybridized carbons (Fsp3) is 0.706. The molecular formula is C17H24N2S. The van der Waals surface area contributed by atoms with E-state index < -0.39 is 0 Å². The van der Waals surface area contributed by atoms with Crippen molar-refractivity contribution in [3.8, 4) is 0 Å². The van der Waals surface area contributed by atoms with Crippen molar-refractivity contribution in [3.63, 3.8) is 0 Å². The lowest BCUT2D eigenvalue weighted by Crippen LogP contribution is -2.55. The predicted octanol–water partition coefficient (Wildman–Crippen LogP) is 3.72. The van der Waals surface area contributed by atoms with Crippen LogP contribution in [0.4, 0.5) is 0 Å². The largest absolute Gasteiger partial charge is 0.326 e. The van der Waals surface area contributed by atoms with Crippen molar-refractivity contribution in [2.24, 2.45) is 28.9 Å². The molecule has 4 aliphatic rings. The summed E-state index contributed by atoms with van der Waals surface area (Å²) in [4.78, 5) is 4.40. The van der Waals surface area contributed by atoms with Gasteiger partial charge in [0, 0.05) is 18.0 Å². The van der Waals surface area contributed by atoms with Crippen LogP contribution in [0.15, 0.2) is 29.4 Å². The average molecular weight is 288 g/mol. The summed E-state index contributed by atoms with van der Waals surface area (Å²) in [5, 5.41) is 1.12. The summed E-state index contributed by atoms with van der Waals surface area (Å²) in [5.41, 5.74) is 7.14. The molecule has 4 aliphatic carbocycles. The number of thioether (sulfide) groups is 1. The second-order valence-corrected chi connectivity index (χ2v) is 8.41. The Morgan fingerprint density at radius 2 is 1.80 bits per heavy atom. The van der Waals surface area contributed by atoms with Crippen LogP contribution in [0, 0.1) is 23.2 Å². The standard InChI is InChI=1S/C17H24N2S/c18-15(11-20-16-3-1-2-4-19-16)17-8-12-5-13(9-17)7-14(6-12)10-17/h1-4,12-15H,5-11,18H2. The monoisotopic (exact) mass is 288 g/mol. The molecule has 1 aromatic heterocycles. The first-order chi connectivity index (χ1) is 9.73. The van der Waals surface area contributed by atoms with Crippen LogP contribution in [0.5, 0.6) is 0 Å². The van der Waals surface area contributed by atoms with Gasteiger partial charge in [-0.3, -0.25) is 0 Å². The van der Waals surface area contributed by atoms with Crippen LogP contribution < -0.4 is 5.73 Å². The predicted molar refractivity (Wildman–Crippen MR) is 83.5 cm³/mol. The van der Waals surface area contributed by atoms with E-state index in [1.165, 1.54) is 38.5 Å². The minimum absolute atomic E-state index is 0.350. The zero-order valence-electron chi connectivity index (χ0n) is 12.0. The van der Waals surface area contributed by atoms with Crippen molar-refractivity contribution in [1.82, 2.24) is 4.98 Å². The fourth-order valence-electron chi connectivity index (χ4n) is 5.42. The maximum atomic E-state index is 6.67. The molecule has 1 heterocycles. The number of aromatic nitrogens is 1. The van der Waals surface area contributed by atoms with Crippen molar-refractivity contribution in [3.05, 3.63) is 24.4 Å². The summed E-state index contributed by atoms with van der Waals surface area (Å²) in [6.07, 6.45) is 10.6. The van der Waals surface area contributed by atoms with Gasteiger partial charge in [0.15, 0.2) is 0 Å². The molecule has 0 aromatic carbocycles. The van der Waals surface area contributed by atoms with Gasteiger partial charge < -0.3 is 5.73 Å². The summed E-state index contributed by atoms with van der Waals surface area (Å²) >= 11 is 1.84. The normalized spacial score (nSPS) is 40.0. The van der Waals surface area contributed by atoms with Gasteiger partial charge in [-0.05, 0) is 73.8 Å². The highest BCUT2D eigenvalue weighted by Gasteiger charge is 2.53. The third-order valence-electron chi connectivity index (χ3n) is 5.92. The number of nitrogens with two attached hydrogens (primary N) is 1. The molecular weight excluding hydrogens is 264 g/mol. The Balaban J connectivity index is 1.44. The summed E-state index contributed by atoms with van der Waals surface area (Å²) in [5.74, 6) is 4.01. The van der Waals surface area contributed by atoms with E-state index in [0.29, 0.717) is 11.5 Å². The molecule has 0 aliphatic heterocycles. The Bertz CT molecular complexity index is 438. The quantitative estimate of drug-likeness (QED) is 0.858. The molecule has 4 saturated carbocycles. The Morgan fingerprint density at radius 1 is 1.15 bits per heavy atom. The van der Waals surface area contributed by atoms with Crippen LogP contribution in [0.1, 0.15) is 38.5 Å². The van der Waals surface area contributed by atoms with Crippen molar-refractivity contribution < 1.29 is 0 Å². The van der Waals surface area contributed by atoms with E-state index in [4.69, 9.17) is 5.73 Å². The number of rotatable bonds is 4. The third-order valence-corrected chi connectivity index (χ3v) is 6.98. The van der Waals surface area contributed by atoms with Gasteiger partial charge in [0.05, 0.1) is 5.03 Å². The maximum Gasteiger partial charge on any atom is 0.0960 e. The summed E-state index contributed by atoms with van der Waals surface area (Å²) in [7, 11) is 0. The van der Waals surface area contributed by atoms with Gasteiger partial charge in [0.25, 0.3) is 0 Å². The second kappa shape index (κ2) is 5.03. The van der Waals surface area contributed by atoms with Crippen LogP contribution in [0.2, 0.25) is 0 Å². The van der Waals surface area contributed by atoms with Crippen LogP contribution in [-0.2, 0) is 0 Å². The summed E-state index contributed by atoms with van der Waals surface area (Å²) in [6.45, 7) is 0. The van der Waals surface area contributed by atoms with Gasteiger partial charge in [-0.25, -0.2) is 4.98 Å². The molecule has 5 rings (SSSR count). The molecule has 4 bridgehead atoms. The third kappa shape index (κ3) is 2.29. The molecule has 1 atom stereocenters. The first kappa shape index (κ1) is 13.1. The van der Waals surface area contributed by atoms with Crippen LogP contribution in [0.25, 0.3) is 0 Å². The zero-order chi connectivity index (χ0) is 13.6. The summed E-state index contributed by atoms with van der Waals surface area (Å²) < 4.78 is 0. The van der Waals surface area contributed by atoms with Crippen molar-refractivity contribution in [2.75, 3.05) is 5.75 Å². The topological polar surface area (TPSA) is 38.9 Å². The number of pyridine rings is 1. The molecule has 1 unspecified atom stereocenters. The molecule has 0 saturated heterocycles. The van der Waals surface area contributed by atoms with Gasteiger partial charge in [-0.2, -0.15) is 0 Å². The average Bonchev–Trinajstić information content (AvgIpc) is 2.44. The van der Waals surface area contributed by atoms with Crippen molar-refractivity contribution >= 4 is 11.8 Å². The van der Waals surface area contributed by atoms with Gasteiger partial charge >= 0.3 is 0 Å².